The van der Waals surface area contributed by atoms with E-state index in [1.54, 1.807) is 23.3 Å². The third kappa shape index (κ3) is 11.2. The van der Waals surface area contributed by atoms with Crippen LogP contribution in [0.2, 0.25) is 0 Å². The van der Waals surface area contributed by atoms with E-state index in [2.05, 4.69) is 45.1 Å². The van der Waals surface area contributed by atoms with E-state index in [0.717, 1.165) is 88.4 Å². The minimum Gasteiger partial charge on any atom is -0.491 e. The van der Waals surface area contributed by atoms with Crippen molar-refractivity contribution in [3.05, 3.63) is 24.8 Å². The number of nitrogens with zero attached hydrogens (tertiary/aromatic N) is 3. The minimum atomic E-state index is -0.530. The number of aliphatic hydroxyl groups is 2. The van der Waals surface area contributed by atoms with Crippen molar-refractivity contribution in [2.75, 3.05) is 46.0 Å². The van der Waals surface area contributed by atoms with Gasteiger partial charge in [-0.3, -0.25) is 19.4 Å². The highest BCUT2D eigenvalue weighted by molar-refractivity contribution is 9.09. The molecule has 0 radical (unpaired) electrons. The normalized spacial score (nSPS) is 41.7. The number of halogens is 1. The molecule has 0 bridgehead atoms. The van der Waals surface area contributed by atoms with Gasteiger partial charge in [0.05, 0.1) is 74.3 Å². The number of alkyl halides is 1. The molecule has 0 saturated heterocycles. The lowest BCUT2D eigenvalue weighted by Crippen LogP contribution is -2.58. The number of carbonyl (C=O) groups is 2. The van der Waals surface area contributed by atoms with E-state index in [-0.39, 0.29) is 48.3 Å². The van der Waals surface area contributed by atoms with E-state index < -0.39 is 11.2 Å². The summed E-state index contributed by atoms with van der Waals surface area (Å²) in [5.41, 5.74) is -0.286. The molecule has 0 amide bonds. The molecule has 8 saturated carbocycles. The smallest absolute Gasteiger partial charge is 0.157 e. The summed E-state index contributed by atoms with van der Waals surface area (Å²) >= 11 is 3.43. The second kappa shape index (κ2) is 23.3. The van der Waals surface area contributed by atoms with Crippen molar-refractivity contribution in [2.24, 2.45) is 80.8 Å². The molecule has 2 heterocycles. The van der Waals surface area contributed by atoms with Crippen LogP contribution in [0.5, 0.6) is 11.5 Å². The second-order valence-electron chi connectivity index (χ2n) is 24.6. The monoisotopic (exact) mass is 1060 g/mol. The number of aromatic nitrogens is 4. The van der Waals surface area contributed by atoms with Gasteiger partial charge in [0.1, 0.15) is 5.78 Å². The van der Waals surface area contributed by atoms with Crippen molar-refractivity contribution >= 4 is 27.5 Å². The summed E-state index contributed by atoms with van der Waals surface area (Å²) in [6.07, 6.45) is 26.9. The van der Waals surface area contributed by atoms with E-state index in [4.69, 9.17) is 18.9 Å². The van der Waals surface area contributed by atoms with Crippen LogP contribution in [0.25, 0.3) is 0 Å². The molecular weight excluding hydrogens is 961 g/mol. The number of aromatic amines is 1. The Balaban J connectivity index is 0.000000199. The Bertz CT molecular complexity index is 2030. The summed E-state index contributed by atoms with van der Waals surface area (Å²) < 4.78 is 24.0. The number of hydrogen-bond acceptors (Lipinski definition) is 10. The zero-order valence-electron chi connectivity index (χ0n) is 43.6. The molecular formula is C58H97BrN4O8. The van der Waals surface area contributed by atoms with Gasteiger partial charge in [-0.1, -0.05) is 44.6 Å². The van der Waals surface area contributed by atoms with Gasteiger partial charge in [0.2, 0.25) is 0 Å². The van der Waals surface area contributed by atoms with Crippen molar-refractivity contribution in [3.8, 4) is 11.5 Å². The number of hydrogen-bond donors (Lipinski definition) is 3. The molecule has 16 atom stereocenters. The lowest BCUT2D eigenvalue weighted by atomic mass is 9.43. The summed E-state index contributed by atoms with van der Waals surface area (Å²) in [6.45, 7) is 16.1. The molecule has 3 N–H and O–H groups in total. The average molecular weight is 1060 g/mol. The maximum atomic E-state index is 13.5. The first-order valence-corrected chi connectivity index (χ1v) is 28.4. The van der Waals surface area contributed by atoms with Crippen molar-refractivity contribution in [1.82, 2.24) is 20.0 Å². The van der Waals surface area contributed by atoms with E-state index in [0.29, 0.717) is 78.1 Å². The van der Waals surface area contributed by atoms with Gasteiger partial charge in [-0.25, -0.2) is 0 Å². The maximum Gasteiger partial charge on any atom is 0.157 e. The number of rotatable bonds is 13. The molecule has 12 nitrogen and oxygen atoms in total. The van der Waals surface area contributed by atoms with E-state index >= 15 is 0 Å². The fraction of sp³-hybridized carbons (Fsp3) is 0.862. The number of Topliss-reactive ketones (excluding diaryl/α,β-unsaturated/α-hetero) is 2. The van der Waals surface area contributed by atoms with E-state index in [1.165, 1.54) is 57.8 Å². The third-order valence-electron chi connectivity index (χ3n) is 21.1. The van der Waals surface area contributed by atoms with Gasteiger partial charge in [-0.15, -0.1) is 0 Å². The van der Waals surface area contributed by atoms with Gasteiger partial charge in [0.25, 0.3) is 0 Å². The molecule has 2 aromatic heterocycles. The Morgan fingerprint density at radius 2 is 1.15 bits per heavy atom. The van der Waals surface area contributed by atoms with E-state index in [1.807, 2.05) is 48.1 Å². The van der Waals surface area contributed by atoms with Gasteiger partial charge in [0, 0.05) is 26.1 Å². The second-order valence-corrected chi connectivity index (χ2v) is 25.2. The number of methoxy groups -OCH3 is 2. The topological polar surface area (TPSA) is 158 Å². The van der Waals surface area contributed by atoms with Crippen LogP contribution in [0.4, 0.5) is 0 Å². The van der Waals surface area contributed by atoms with Gasteiger partial charge in [-0.2, -0.15) is 10.2 Å². The molecule has 404 valence electrons. The Labute approximate surface area is 437 Å². The highest BCUT2D eigenvalue weighted by atomic mass is 79.9. The lowest BCUT2D eigenvalue weighted by molar-refractivity contribution is -0.175. The highest BCUT2D eigenvalue weighted by Gasteiger charge is 2.65. The predicted molar refractivity (Wildman–Crippen MR) is 285 cm³/mol. The molecule has 71 heavy (non-hydrogen) atoms. The molecule has 13 heteroatoms. The molecule has 8 aliphatic carbocycles. The van der Waals surface area contributed by atoms with Crippen molar-refractivity contribution < 1.29 is 38.7 Å². The quantitative estimate of drug-likeness (QED) is 0.165. The average Bonchev–Trinajstić information content (AvgIpc) is 4.14. The molecule has 10 rings (SSSR count). The summed E-state index contributed by atoms with van der Waals surface area (Å²) in [5.74, 6) is 7.93. The molecule has 2 aromatic rings. The van der Waals surface area contributed by atoms with Crippen LogP contribution in [0.3, 0.4) is 0 Å². The highest BCUT2D eigenvalue weighted by Crippen LogP contribution is 2.70. The molecule has 0 aliphatic heterocycles. The standard InChI is InChI=1S/C28H44N2O4.C23H37BrO3.C5H8N2O.2CH4/c1-5-34-20-15-29-30(16-20)17-25(31)24-9-8-22-21-7-6-19-14-26(2,32)12-13-28(19,18-33-4)23(21)10-11-27(22,24)3;1-21(26)10-11-23(14-27-3)15(12-21)4-5-16-17-6-7-19(20(25)13-24)22(17,2)9-8-18(16)23;1-2-8-5-3-6-7-4-5;;/h15-16,19,21-24,32H,5-14,17-18H2,1-4H3;15-19,26H,4-14H2,1-3H3;3-4H,2H2,1H3,(H,6,7);2*1H4/t19-,21+,22+,23+,24-,26-,27+,28-;15-,16+,17+,18+,19-,21-,22+,23-;;;/m11.../s1. The number of ether oxygens (including phenoxy) is 4. The Kier molecular flexibility index (Phi) is 19.0. The van der Waals surface area contributed by atoms with Crippen LogP contribution in [-0.4, -0.2) is 98.9 Å². The number of fused-ring (bicyclic) bond motifs is 10. The first-order valence-electron chi connectivity index (χ1n) is 27.2. The van der Waals surface area contributed by atoms with Gasteiger partial charge < -0.3 is 29.2 Å². The first kappa shape index (κ1) is 57.9. The minimum absolute atomic E-state index is 0. The van der Waals surface area contributed by atoms with Crippen LogP contribution in [-0.2, 0) is 25.6 Å². The van der Waals surface area contributed by atoms with E-state index in [9.17, 15) is 19.8 Å². The zero-order chi connectivity index (χ0) is 49.4. The molecule has 8 fully saturated rings. The number of H-pyrrole nitrogens is 1. The Hall–Kier alpha value is -2.32. The Morgan fingerprint density at radius 1 is 0.662 bits per heavy atom. The maximum absolute atomic E-state index is 13.5. The fourth-order valence-electron chi connectivity index (χ4n) is 18.1. The summed E-state index contributed by atoms with van der Waals surface area (Å²) in [6, 6.07) is 0. The van der Waals surface area contributed by atoms with Gasteiger partial charge in [-0.05, 0) is 212 Å². The van der Waals surface area contributed by atoms with Crippen molar-refractivity contribution in [2.45, 2.75) is 190 Å². The molecule has 0 unspecified atom stereocenters. The van der Waals surface area contributed by atoms with Crippen LogP contribution < -0.4 is 9.47 Å². The fourth-order valence-corrected chi connectivity index (χ4v) is 18.5. The third-order valence-corrected chi connectivity index (χ3v) is 21.6. The SMILES string of the molecule is C.C.CCOc1cn[nH]c1.CCOc1cnn(CC(=O)[C@H]2CC[C@H]3[C@@H]4CC[C@@H]5C[C@](C)(O)CC[C@]5(COC)[C@H]4CC[C@]23C)c1.COC[C@]12CC[C@@](C)(O)C[C@H]1CC[C@H]1[C@@H]3CC[C@H](C(=O)CBr)[C@@]3(C)CC[C@@H]12. The number of carbonyl (C=O) groups excluding carboxylic acids is 2. The molecule has 0 spiro atoms. The number of ketones is 2. The molecule has 0 aromatic carbocycles. The number of nitrogens with one attached hydrogen (secondary N) is 1. The van der Waals surface area contributed by atoms with Crippen LogP contribution in [0, 0.1) is 80.8 Å². The summed E-state index contributed by atoms with van der Waals surface area (Å²) in [5, 5.41) is 32.8. The molecule has 8 aliphatic rings. The summed E-state index contributed by atoms with van der Waals surface area (Å²) in [7, 11) is 3.71. The summed E-state index contributed by atoms with van der Waals surface area (Å²) in [4.78, 5) is 26.1. The Morgan fingerprint density at radius 3 is 1.61 bits per heavy atom. The largest absolute Gasteiger partial charge is 0.491 e. The van der Waals surface area contributed by atoms with Gasteiger partial charge >= 0.3 is 0 Å². The van der Waals surface area contributed by atoms with Gasteiger partial charge in [0.15, 0.2) is 17.3 Å². The van der Waals surface area contributed by atoms with Crippen molar-refractivity contribution in [3.63, 3.8) is 0 Å². The zero-order valence-corrected chi connectivity index (χ0v) is 45.2. The van der Waals surface area contributed by atoms with Crippen LogP contribution in [0.1, 0.15) is 172 Å². The lowest BCUT2D eigenvalue weighted by Gasteiger charge is -2.62. The predicted octanol–water partition coefficient (Wildman–Crippen LogP) is 12.0. The first-order chi connectivity index (χ1) is 32.9. The van der Waals surface area contributed by atoms with Crippen molar-refractivity contribution in [1.29, 1.82) is 0 Å². The van der Waals surface area contributed by atoms with Crippen LogP contribution in [0.15, 0.2) is 24.8 Å². The van der Waals surface area contributed by atoms with Crippen LogP contribution >= 0.6 is 15.9 Å².